The molecule has 0 aliphatic rings. The summed E-state index contributed by atoms with van der Waals surface area (Å²) in [5.41, 5.74) is 1.87. The average Bonchev–Trinajstić information content (AvgIpc) is 2.60. The highest BCUT2D eigenvalue weighted by molar-refractivity contribution is 6.30. The van der Waals surface area contributed by atoms with E-state index in [0.29, 0.717) is 11.0 Å². The minimum atomic E-state index is -0.662. The lowest BCUT2D eigenvalue weighted by atomic mass is 10.1. The molecule has 0 spiro atoms. The minimum absolute atomic E-state index is 0.0413. The fourth-order valence-corrected chi connectivity index (χ4v) is 2.45. The second-order valence-electron chi connectivity index (χ2n) is 5.44. The zero-order valence-electron chi connectivity index (χ0n) is 13.9. The van der Waals surface area contributed by atoms with Crippen molar-refractivity contribution in [3.63, 3.8) is 0 Å². The van der Waals surface area contributed by atoms with Crippen LogP contribution in [0.15, 0.2) is 53.8 Å². The zero-order valence-corrected chi connectivity index (χ0v) is 14.7. The molecular formula is C18H23ClN4O. The number of nitrogens with zero attached hydrogens (tertiary/aromatic N) is 2. The van der Waals surface area contributed by atoms with Gasteiger partial charge in [0.2, 0.25) is 0 Å². The van der Waals surface area contributed by atoms with Gasteiger partial charge in [-0.2, -0.15) is 0 Å². The smallest absolute Gasteiger partial charge is 0.191 e. The Bertz CT molecular complexity index is 663. The van der Waals surface area contributed by atoms with E-state index in [4.69, 9.17) is 11.6 Å². The van der Waals surface area contributed by atoms with E-state index in [0.717, 1.165) is 17.7 Å². The van der Waals surface area contributed by atoms with Crippen LogP contribution in [0.3, 0.4) is 0 Å². The monoisotopic (exact) mass is 346 g/mol. The molecule has 128 valence electrons. The number of benzene rings is 1. The summed E-state index contributed by atoms with van der Waals surface area (Å²) < 4.78 is 0. The van der Waals surface area contributed by atoms with E-state index in [-0.39, 0.29) is 12.6 Å². The Morgan fingerprint density at radius 2 is 2.00 bits per heavy atom. The van der Waals surface area contributed by atoms with Gasteiger partial charge in [0, 0.05) is 24.0 Å². The predicted molar refractivity (Wildman–Crippen MR) is 98.2 cm³/mol. The number of guanidine groups is 1. The summed E-state index contributed by atoms with van der Waals surface area (Å²) in [6.45, 7) is 5.04. The molecule has 0 bridgehead atoms. The Morgan fingerprint density at radius 1 is 1.25 bits per heavy atom. The summed E-state index contributed by atoms with van der Waals surface area (Å²) in [5.74, 6) is 0.651. The Labute approximate surface area is 147 Å². The van der Waals surface area contributed by atoms with E-state index in [1.54, 1.807) is 24.5 Å². The lowest BCUT2D eigenvalue weighted by Crippen LogP contribution is -2.39. The second kappa shape index (κ2) is 9.25. The highest BCUT2D eigenvalue weighted by atomic mass is 35.5. The molecule has 2 aromatic rings. The maximum absolute atomic E-state index is 10.2. The van der Waals surface area contributed by atoms with Crippen molar-refractivity contribution in [1.29, 1.82) is 0 Å². The van der Waals surface area contributed by atoms with Crippen LogP contribution in [0, 0.1) is 0 Å². The maximum Gasteiger partial charge on any atom is 0.191 e. The van der Waals surface area contributed by atoms with Gasteiger partial charge in [-0.1, -0.05) is 23.7 Å². The third-order valence-corrected chi connectivity index (χ3v) is 3.79. The quantitative estimate of drug-likeness (QED) is 0.555. The molecule has 0 aliphatic heterocycles. The van der Waals surface area contributed by atoms with Crippen LogP contribution in [0.2, 0.25) is 5.02 Å². The number of rotatable bonds is 6. The summed E-state index contributed by atoms with van der Waals surface area (Å²) >= 11 is 6.05. The number of aliphatic imine (C=N–C) groups is 1. The number of nitrogens with one attached hydrogen (secondary N) is 2. The van der Waals surface area contributed by atoms with E-state index in [1.165, 1.54) is 0 Å². The van der Waals surface area contributed by atoms with E-state index in [9.17, 15) is 5.11 Å². The van der Waals surface area contributed by atoms with Crippen molar-refractivity contribution in [2.45, 2.75) is 26.0 Å². The third kappa shape index (κ3) is 5.51. The number of aliphatic hydroxyl groups is 1. The normalized spacial score (nSPS) is 14.1. The number of pyridine rings is 1. The summed E-state index contributed by atoms with van der Waals surface area (Å²) in [6.07, 6.45) is 2.66. The van der Waals surface area contributed by atoms with Gasteiger partial charge < -0.3 is 15.7 Å². The first kappa shape index (κ1) is 18.2. The summed E-state index contributed by atoms with van der Waals surface area (Å²) in [6, 6.07) is 11.3. The van der Waals surface area contributed by atoms with Crippen LogP contribution in [0.5, 0.6) is 0 Å². The van der Waals surface area contributed by atoms with Crippen LogP contribution in [0.4, 0.5) is 0 Å². The van der Waals surface area contributed by atoms with Gasteiger partial charge in [-0.15, -0.1) is 0 Å². The molecule has 0 saturated heterocycles. The minimum Gasteiger partial charge on any atom is -0.386 e. The molecule has 5 nitrogen and oxygen atoms in total. The molecule has 3 N–H and O–H groups in total. The van der Waals surface area contributed by atoms with Crippen LogP contribution in [-0.4, -0.2) is 29.1 Å². The number of hydrogen-bond donors (Lipinski definition) is 3. The topological polar surface area (TPSA) is 69.5 Å². The van der Waals surface area contributed by atoms with E-state index >= 15 is 0 Å². The largest absolute Gasteiger partial charge is 0.386 e. The first-order valence-electron chi connectivity index (χ1n) is 7.98. The van der Waals surface area contributed by atoms with Crippen molar-refractivity contribution in [2.75, 3.05) is 13.1 Å². The molecular weight excluding hydrogens is 324 g/mol. The molecule has 0 amide bonds. The standard InChI is InChI=1S/C18H23ClN4O/c1-3-21-18(22-12-17(24)14-7-9-20-10-8-14)23-13(2)15-5-4-6-16(19)11-15/h4-11,13,17,24H,3,12H2,1-2H3,(H2,21,22,23). The average molecular weight is 347 g/mol. The summed E-state index contributed by atoms with van der Waals surface area (Å²) in [5, 5.41) is 17.4. The van der Waals surface area contributed by atoms with E-state index in [1.807, 2.05) is 38.1 Å². The van der Waals surface area contributed by atoms with Gasteiger partial charge in [-0.25, -0.2) is 0 Å². The molecule has 0 fully saturated rings. The third-order valence-electron chi connectivity index (χ3n) is 3.56. The Kier molecular flexibility index (Phi) is 7.03. The van der Waals surface area contributed by atoms with Crippen molar-refractivity contribution < 1.29 is 5.11 Å². The number of aliphatic hydroxyl groups excluding tert-OH is 1. The van der Waals surface area contributed by atoms with Gasteiger partial charge in [0.15, 0.2) is 5.96 Å². The molecule has 24 heavy (non-hydrogen) atoms. The van der Waals surface area contributed by atoms with Gasteiger partial charge >= 0.3 is 0 Å². The van der Waals surface area contributed by atoms with Crippen LogP contribution >= 0.6 is 11.6 Å². The molecule has 6 heteroatoms. The summed E-state index contributed by atoms with van der Waals surface area (Å²) in [7, 11) is 0. The van der Waals surface area contributed by atoms with E-state index < -0.39 is 6.10 Å². The molecule has 2 atom stereocenters. The van der Waals surface area contributed by atoms with Crippen LogP contribution in [-0.2, 0) is 0 Å². The van der Waals surface area contributed by atoms with Crippen LogP contribution < -0.4 is 10.6 Å². The van der Waals surface area contributed by atoms with E-state index in [2.05, 4.69) is 20.6 Å². The molecule has 2 unspecified atom stereocenters. The lowest BCUT2D eigenvalue weighted by molar-refractivity contribution is 0.187. The SMILES string of the molecule is CCNC(=NCC(O)c1ccncc1)NC(C)c1cccc(Cl)c1. The Morgan fingerprint density at radius 3 is 2.67 bits per heavy atom. The molecule has 0 radical (unpaired) electrons. The second-order valence-corrected chi connectivity index (χ2v) is 5.87. The van der Waals surface area contributed by atoms with Gasteiger partial charge in [0.05, 0.1) is 18.7 Å². The summed E-state index contributed by atoms with van der Waals surface area (Å²) in [4.78, 5) is 8.42. The maximum atomic E-state index is 10.2. The number of aromatic nitrogens is 1. The lowest BCUT2D eigenvalue weighted by Gasteiger charge is -2.19. The van der Waals surface area contributed by atoms with Crippen LogP contribution in [0.1, 0.15) is 37.1 Å². The number of hydrogen-bond acceptors (Lipinski definition) is 3. The molecule has 1 aromatic carbocycles. The first-order chi connectivity index (χ1) is 11.6. The Hall–Kier alpha value is -2.11. The van der Waals surface area contributed by atoms with Gasteiger partial charge in [-0.3, -0.25) is 9.98 Å². The zero-order chi connectivity index (χ0) is 17.4. The van der Waals surface area contributed by atoms with Gasteiger partial charge in [0.1, 0.15) is 0 Å². The van der Waals surface area contributed by atoms with Gasteiger partial charge in [-0.05, 0) is 49.2 Å². The van der Waals surface area contributed by atoms with Crippen molar-refractivity contribution in [3.05, 3.63) is 64.9 Å². The fraction of sp³-hybridized carbons (Fsp3) is 0.333. The molecule has 0 saturated carbocycles. The highest BCUT2D eigenvalue weighted by Crippen LogP contribution is 2.17. The first-order valence-corrected chi connectivity index (χ1v) is 8.36. The molecule has 2 rings (SSSR count). The van der Waals surface area contributed by atoms with Gasteiger partial charge in [0.25, 0.3) is 0 Å². The van der Waals surface area contributed by atoms with Crippen molar-refractivity contribution in [3.8, 4) is 0 Å². The molecule has 0 aliphatic carbocycles. The predicted octanol–water partition coefficient (Wildman–Crippen LogP) is 3.08. The van der Waals surface area contributed by atoms with Crippen molar-refractivity contribution in [2.24, 2.45) is 4.99 Å². The van der Waals surface area contributed by atoms with Crippen molar-refractivity contribution in [1.82, 2.24) is 15.6 Å². The van der Waals surface area contributed by atoms with Crippen molar-refractivity contribution >= 4 is 17.6 Å². The fourth-order valence-electron chi connectivity index (χ4n) is 2.25. The Balaban J connectivity index is 2.02. The molecule has 1 heterocycles. The van der Waals surface area contributed by atoms with Crippen LogP contribution in [0.25, 0.3) is 0 Å². The number of halogens is 1. The molecule has 1 aromatic heterocycles. The highest BCUT2D eigenvalue weighted by Gasteiger charge is 2.10.